The molecule has 0 amide bonds. The largest absolute Gasteiger partial charge is 0.382 e. The minimum atomic E-state index is -0.761. The predicted molar refractivity (Wildman–Crippen MR) is 97.0 cm³/mol. The summed E-state index contributed by atoms with van der Waals surface area (Å²) >= 11 is 1.96. The number of aromatic nitrogens is 2. The minimum absolute atomic E-state index is 0.474. The molecule has 2 fully saturated rings. The van der Waals surface area contributed by atoms with E-state index in [2.05, 4.69) is 28.9 Å². The van der Waals surface area contributed by atoms with Gasteiger partial charge in [0.1, 0.15) is 11.4 Å². The van der Waals surface area contributed by atoms with E-state index in [1.165, 1.54) is 35.4 Å². The van der Waals surface area contributed by atoms with Crippen LogP contribution in [-0.4, -0.2) is 31.6 Å². The number of aryl methyl sites for hydroxylation is 2. The van der Waals surface area contributed by atoms with E-state index in [1.54, 1.807) is 6.20 Å². The summed E-state index contributed by atoms with van der Waals surface area (Å²) in [5, 5.41) is 11.2. The van der Waals surface area contributed by atoms with Crippen LogP contribution in [0, 0.1) is 0 Å². The summed E-state index contributed by atoms with van der Waals surface area (Å²) < 4.78 is 1.98. The Morgan fingerprint density at radius 2 is 1.96 bits per heavy atom. The number of piperidine rings is 1. The van der Waals surface area contributed by atoms with Gasteiger partial charge in [0.15, 0.2) is 0 Å². The first-order chi connectivity index (χ1) is 11.6. The molecule has 2 aromatic heterocycles. The van der Waals surface area contributed by atoms with Crippen molar-refractivity contribution in [3.8, 4) is 0 Å². The van der Waals surface area contributed by atoms with Gasteiger partial charge in [0.05, 0.1) is 0 Å². The second-order valence-electron chi connectivity index (χ2n) is 7.48. The van der Waals surface area contributed by atoms with Crippen LogP contribution in [0.4, 0.5) is 0 Å². The van der Waals surface area contributed by atoms with Crippen molar-refractivity contribution in [2.45, 2.75) is 69.7 Å². The lowest BCUT2D eigenvalue weighted by molar-refractivity contribution is -0.0667. The van der Waals surface area contributed by atoms with Crippen LogP contribution in [0.15, 0.2) is 24.5 Å². The number of aliphatic hydroxyl groups is 1. The highest BCUT2D eigenvalue weighted by molar-refractivity contribution is 7.11. The standard InChI is InChI=1S/C19H27N3OS/c1-3-4-16-7-8-17(24-16)13-22-14-5-6-15(22)12-19(23,11-14)18-20-9-10-21(18)2/h7-10,14-15,23H,3-6,11-13H2,1-2H3. The quantitative estimate of drug-likeness (QED) is 0.902. The first-order valence-corrected chi connectivity index (χ1v) is 9.94. The molecule has 4 nitrogen and oxygen atoms in total. The molecule has 0 aliphatic carbocycles. The molecule has 5 heteroatoms. The Balaban J connectivity index is 1.49. The van der Waals surface area contributed by atoms with E-state index in [1.807, 2.05) is 29.1 Å². The number of thiophene rings is 1. The number of rotatable bonds is 5. The summed E-state index contributed by atoms with van der Waals surface area (Å²) in [6.07, 6.45) is 10.1. The summed E-state index contributed by atoms with van der Waals surface area (Å²) in [7, 11) is 1.98. The summed E-state index contributed by atoms with van der Waals surface area (Å²) in [6.45, 7) is 3.28. The Labute approximate surface area is 148 Å². The van der Waals surface area contributed by atoms with Gasteiger partial charge in [-0.2, -0.15) is 0 Å². The molecule has 0 spiro atoms. The van der Waals surface area contributed by atoms with Gasteiger partial charge >= 0.3 is 0 Å². The monoisotopic (exact) mass is 345 g/mol. The van der Waals surface area contributed by atoms with E-state index >= 15 is 0 Å². The number of hydrogen-bond donors (Lipinski definition) is 1. The zero-order chi connectivity index (χ0) is 16.7. The molecule has 2 atom stereocenters. The zero-order valence-electron chi connectivity index (χ0n) is 14.6. The molecule has 2 bridgehead atoms. The Hall–Kier alpha value is -1.17. The fraction of sp³-hybridized carbons (Fsp3) is 0.632. The second-order valence-corrected chi connectivity index (χ2v) is 8.73. The smallest absolute Gasteiger partial charge is 0.140 e. The van der Waals surface area contributed by atoms with E-state index in [9.17, 15) is 5.11 Å². The van der Waals surface area contributed by atoms with Crippen molar-refractivity contribution >= 4 is 11.3 Å². The molecule has 0 aromatic carbocycles. The maximum absolute atomic E-state index is 11.2. The molecular formula is C19H27N3OS. The van der Waals surface area contributed by atoms with Crippen LogP contribution in [0.2, 0.25) is 0 Å². The number of imidazole rings is 1. The fourth-order valence-electron chi connectivity index (χ4n) is 4.64. The molecule has 2 unspecified atom stereocenters. The van der Waals surface area contributed by atoms with Gasteiger partial charge in [-0.25, -0.2) is 4.98 Å². The van der Waals surface area contributed by atoms with Crippen molar-refractivity contribution in [1.82, 2.24) is 14.5 Å². The van der Waals surface area contributed by atoms with Gasteiger partial charge in [0.25, 0.3) is 0 Å². The van der Waals surface area contributed by atoms with E-state index in [-0.39, 0.29) is 0 Å². The zero-order valence-corrected chi connectivity index (χ0v) is 15.4. The van der Waals surface area contributed by atoms with Crippen LogP contribution in [0.25, 0.3) is 0 Å². The highest BCUT2D eigenvalue weighted by Crippen LogP contribution is 2.46. The van der Waals surface area contributed by atoms with Crippen LogP contribution in [0.3, 0.4) is 0 Å². The van der Waals surface area contributed by atoms with Crippen molar-refractivity contribution in [2.75, 3.05) is 0 Å². The Bertz CT molecular complexity index is 693. The van der Waals surface area contributed by atoms with Gasteiger partial charge in [-0.1, -0.05) is 13.3 Å². The highest BCUT2D eigenvalue weighted by atomic mass is 32.1. The molecular weight excluding hydrogens is 318 g/mol. The first kappa shape index (κ1) is 16.3. The summed E-state index contributed by atoms with van der Waals surface area (Å²) in [6, 6.07) is 5.54. The average Bonchev–Trinajstić information content (AvgIpc) is 3.22. The molecule has 4 heterocycles. The van der Waals surface area contributed by atoms with Crippen molar-refractivity contribution < 1.29 is 5.11 Å². The lowest BCUT2D eigenvalue weighted by Gasteiger charge is -2.43. The molecule has 24 heavy (non-hydrogen) atoms. The summed E-state index contributed by atoms with van der Waals surface area (Å²) in [5.74, 6) is 0.834. The van der Waals surface area contributed by atoms with Crippen LogP contribution < -0.4 is 0 Å². The van der Waals surface area contributed by atoms with Crippen LogP contribution in [-0.2, 0) is 25.6 Å². The summed E-state index contributed by atoms with van der Waals surface area (Å²) in [5.41, 5.74) is -0.761. The highest BCUT2D eigenvalue weighted by Gasteiger charge is 2.49. The maximum atomic E-state index is 11.2. The van der Waals surface area contributed by atoms with E-state index in [0.29, 0.717) is 12.1 Å². The number of nitrogens with zero attached hydrogens (tertiary/aromatic N) is 3. The first-order valence-electron chi connectivity index (χ1n) is 9.12. The predicted octanol–water partition coefficient (Wildman–Crippen LogP) is 3.45. The molecule has 2 aromatic rings. The number of fused-ring (bicyclic) bond motifs is 2. The summed E-state index contributed by atoms with van der Waals surface area (Å²) in [4.78, 5) is 10.0. The van der Waals surface area contributed by atoms with E-state index in [0.717, 1.165) is 25.2 Å². The van der Waals surface area contributed by atoms with Gasteiger partial charge < -0.3 is 9.67 Å². The molecule has 4 rings (SSSR count). The maximum Gasteiger partial charge on any atom is 0.140 e. The number of hydrogen-bond acceptors (Lipinski definition) is 4. The fourth-order valence-corrected chi connectivity index (χ4v) is 5.77. The van der Waals surface area contributed by atoms with Crippen molar-refractivity contribution in [3.05, 3.63) is 40.1 Å². The van der Waals surface area contributed by atoms with Crippen molar-refractivity contribution in [2.24, 2.45) is 7.05 Å². The lowest BCUT2D eigenvalue weighted by atomic mass is 9.85. The molecule has 0 saturated carbocycles. The molecule has 2 aliphatic heterocycles. The van der Waals surface area contributed by atoms with Gasteiger partial charge in [-0.15, -0.1) is 11.3 Å². The topological polar surface area (TPSA) is 41.3 Å². The molecule has 0 radical (unpaired) electrons. The molecule has 2 saturated heterocycles. The molecule has 1 N–H and O–H groups in total. The SMILES string of the molecule is CCCc1ccc(CN2C3CCC2CC(O)(c2nccn2C)C3)s1. The Morgan fingerprint density at radius 1 is 1.25 bits per heavy atom. The lowest BCUT2D eigenvalue weighted by Crippen LogP contribution is -2.49. The van der Waals surface area contributed by atoms with Crippen molar-refractivity contribution in [3.63, 3.8) is 0 Å². The third kappa shape index (κ3) is 2.83. The van der Waals surface area contributed by atoms with Gasteiger partial charge in [-0.3, -0.25) is 4.90 Å². The third-order valence-electron chi connectivity index (χ3n) is 5.71. The van der Waals surface area contributed by atoms with Gasteiger partial charge in [0, 0.05) is 47.8 Å². The molecule has 2 aliphatic rings. The average molecular weight is 346 g/mol. The Kier molecular flexibility index (Phi) is 4.27. The molecule has 130 valence electrons. The van der Waals surface area contributed by atoms with Gasteiger partial charge in [0.2, 0.25) is 0 Å². The van der Waals surface area contributed by atoms with Crippen LogP contribution in [0.5, 0.6) is 0 Å². The minimum Gasteiger partial charge on any atom is -0.382 e. The Morgan fingerprint density at radius 3 is 2.58 bits per heavy atom. The van der Waals surface area contributed by atoms with Crippen molar-refractivity contribution in [1.29, 1.82) is 0 Å². The normalized spacial score (nSPS) is 30.1. The third-order valence-corrected chi connectivity index (χ3v) is 6.84. The van der Waals surface area contributed by atoms with E-state index < -0.39 is 5.60 Å². The second kappa shape index (κ2) is 6.28. The van der Waals surface area contributed by atoms with Crippen LogP contribution in [0.1, 0.15) is 54.6 Å². The van der Waals surface area contributed by atoms with Crippen LogP contribution >= 0.6 is 11.3 Å². The van der Waals surface area contributed by atoms with Gasteiger partial charge in [-0.05, 0) is 44.2 Å². The van der Waals surface area contributed by atoms with E-state index in [4.69, 9.17) is 0 Å².